The maximum absolute atomic E-state index is 4.25. The Kier molecular flexibility index (Phi) is 6.83. The zero-order chi connectivity index (χ0) is 15.6. The van der Waals surface area contributed by atoms with Crippen LogP contribution in [0.3, 0.4) is 0 Å². The molecule has 1 atom stereocenters. The second-order valence-corrected chi connectivity index (χ2v) is 6.43. The molecule has 0 aliphatic carbocycles. The van der Waals surface area contributed by atoms with Gasteiger partial charge in [-0.3, -0.25) is 4.99 Å². The van der Waals surface area contributed by atoms with E-state index in [9.17, 15) is 0 Å². The minimum absolute atomic E-state index is 0.467. The molecule has 22 heavy (non-hydrogen) atoms. The highest BCUT2D eigenvalue weighted by Gasteiger charge is 2.05. The van der Waals surface area contributed by atoms with Crippen molar-refractivity contribution in [1.82, 2.24) is 20.2 Å². The molecule has 1 heterocycles. The molecule has 0 saturated carbocycles. The number of imidazole rings is 1. The van der Waals surface area contributed by atoms with Crippen molar-refractivity contribution < 1.29 is 0 Å². The van der Waals surface area contributed by atoms with Crippen LogP contribution in [0, 0.1) is 0 Å². The molecule has 0 radical (unpaired) electrons. The van der Waals surface area contributed by atoms with Crippen molar-refractivity contribution in [3.05, 3.63) is 49.1 Å². The first-order valence-electron chi connectivity index (χ1n) is 7.40. The van der Waals surface area contributed by atoms with Crippen molar-refractivity contribution in [3.8, 4) is 0 Å². The van der Waals surface area contributed by atoms with Crippen LogP contribution < -0.4 is 10.6 Å². The third-order valence-electron chi connectivity index (χ3n) is 3.08. The van der Waals surface area contributed by atoms with Crippen LogP contribution in [0.25, 0.3) is 0 Å². The third-order valence-corrected chi connectivity index (χ3v) is 4.20. The SMILES string of the molecule is CN=C(NCCn1ccnc1)NCC(C)Sc1ccccc1. The van der Waals surface area contributed by atoms with Gasteiger partial charge < -0.3 is 15.2 Å². The predicted octanol–water partition coefficient (Wildman–Crippen LogP) is 2.23. The third kappa shape index (κ3) is 5.81. The fraction of sp³-hybridized carbons (Fsp3) is 0.375. The standard InChI is InChI=1S/C16H23N5S/c1-14(22-15-6-4-3-5-7-15)12-20-16(17-2)19-9-11-21-10-8-18-13-21/h3-8,10,13-14H,9,11-12H2,1-2H3,(H2,17,19,20). The predicted molar refractivity (Wildman–Crippen MR) is 93.4 cm³/mol. The topological polar surface area (TPSA) is 54.2 Å². The summed E-state index contributed by atoms with van der Waals surface area (Å²) in [6, 6.07) is 10.5. The summed E-state index contributed by atoms with van der Waals surface area (Å²) in [5.74, 6) is 0.834. The first-order chi connectivity index (χ1) is 10.8. The number of hydrogen-bond acceptors (Lipinski definition) is 3. The number of thioether (sulfide) groups is 1. The summed E-state index contributed by atoms with van der Waals surface area (Å²) < 4.78 is 2.04. The van der Waals surface area contributed by atoms with Crippen LogP contribution in [0.1, 0.15) is 6.92 Å². The maximum Gasteiger partial charge on any atom is 0.191 e. The summed E-state index contributed by atoms with van der Waals surface area (Å²) in [7, 11) is 1.79. The lowest BCUT2D eigenvalue weighted by Gasteiger charge is -2.16. The number of nitrogens with one attached hydrogen (secondary N) is 2. The molecule has 0 saturated heterocycles. The van der Waals surface area contributed by atoms with Crippen molar-refractivity contribution in [2.45, 2.75) is 23.6 Å². The van der Waals surface area contributed by atoms with E-state index in [0.717, 1.165) is 25.6 Å². The molecule has 5 nitrogen and oxygen atoms in total. The van der Waals surface area contributed by atoms with Gasteiger partial charge in [0.25, 0.3) is 0 Å². The number of aliphatic imine (C=N–C) groups is 1. The number of benzene rings is 1. The maximum atomic E-state index is 4.25. The molecule has 1 aromatic carbocycles. The fourth-order valence-corrected chi connectivity index (χ4v) is 2.90. The van der Waals surface area contributed by atoms with E-state index in [2.05, 4.69) is 51.8 Å². The zero-order valence-electron chi connectivity index (χ0n) is 13.1. The summed E-state index contributed by atoms with van der Waals surface area (Å²) in [6.07, 6.45) is 5.56. The Morgan fingerprint density at radius 2 is 2.14 bits per heavy atom. The lowest BCUT2D eigenvalue weighted by Crippen LogP contribution is -2.41. The summed E-state index contributed by atoms with van der Waals surface area (Å²) in [5, 5.41) is 7.14. The molecule has 0 fully saturated rings. The smallest absolute Gasteiger partial charge is 0.191 e. The van der Waals surface area contributed by atoms with Gasteiger partial charge in [-0.15, -0.1) is 11.8 Å². The minimum atomic E-state index is 0.467. The van der Waals surface area contributed by atoms with Crippen molar-refractivity contribution in [2.75, 3.05) is 20.1 Å². The van der Waals surface area contributed by atoms with Gasteiger partial charge in [0, 0.05) is 49.2 Å². The highest BCUT2D eigenvalue weighted by Crippen LogP contribution is 2.21. The Morgan fingerprint density at radius 3 is 2.82 bits per heavy atom. The minimum Gasteiger partial charge on any atom is -0.355 e. The highest BCUT2D eigenvalue weighted by atomic mass is 32.2. The van der Waals surface area contributed by atoms with Crippen molar-refractivity contribution in [2.24, 2.45) is 4.99 Å². The monoisotopic (exact) mass is 317 g/mol. The van der Waals surface area contributed by atoms with Crippen molar-refractivity contribution in [1.29, 1.82) is 0 Å². The molecular weight excluding hydrogens is 294 g/mol. The van der Waals surface area contributed by atoms with Gasteiger partial charge >= 0.3 is 0 Å². The quantitative estimate of drug-likeness (QED) is 0.467. The zero-order valence-corrected chi connectivity index (χ0v) is 13.9. The van der Waals surface area contributed by atoms with Gasteiger partial charge in [0.05, 0.1) is 6.33 Å². The number of guanidine groups is 1. The van der Waals surface area contributed by atoms with E-state index >= 15 is 0 Å². The van der Waals surface area contributed by atoms with Crippen LogP contribution >= 0.6 is 11.8 Å². The molecule has 1 aromatic heterocycles. The van der Waals surface area contributed by atoms with Crippen molar-refractivity contribution in [3.63, 3.8) is 0 Å². The van der Waals surface area contributed by atoms with Crippen LogP contribution in [0.5, 0.6) is 0 Å². The van der Waals surface area contributed by atoms with Crippen LogP contribution in [-0.4, -0.2) is 40.9 Å². The van der Waals surface area contributed by atoms with E-state index in [-0.39, 0.29) is 0 Å². The van der Waals surface area contributed by atoms with E-state index in [1.807, 2.05) is 34.9 Å². The van der Waals surface area contributed by atoms with E-state index < -0.39 is 0 Å². The average Bonchev–Trinajstić information content (AvgIpc) is 3.05. The van der Waals surface area contributed by atoms with Crippen molar-refractivity contribution >= 4 is 17.7 Å². The Hall–Kier alpha value is -1.95. The molecule has 0 aliphatic rings. The van der Waals surface area contributed by atoms with Crippen LogP contribution in [0.15, 0.2) is 58.9 Å². The van der Waals surface area contributed by atoms with Crippen LogP contribution in [0.4, 0.5) is 0 Å². The second kappa shape index (κ2) is 9.15. The second-order valence-electron chi connectivity index (χ2n) is 4.92. The number of hydrogen-bond donors (Lipinski definition) is 2. The lowest BCUT2D eigenvalue weighted by atomic mass is 10.4. The molecular formula is C16H23N5S. The number of aromatic nitrogens is 2. The van der Waals surface area contributed by atoms with E-state index in [1.165, 1.54) is 4.90 Å². The summed E-state index contributed by atoms with van der Waals surface area (Å²) >= 11 is 1.86. The van der Waals surface area contributed by atoms with E-state index in [4.69, 9.17) is 0 Å². The van der Waals surface area contributed by atoms with Gasteiger partial charge in [0.15, 0.2) is 5.96 Å². The molecule has 118 valence electrons. The molecule has 0 amide bonds. The van der Waals surface area contributed by atoms with Crippen LogP contribution in [0.2, 0.25) is 0 Å². The van der Waals surface area contributed by atoms with Gasteiger partial charge in [-0.05, 0) is 12.1 Å². The Labute approximate surface area is 136 Å². The largest absolute Gasteiger partial charge is 0.355 e. The van der Waals surface area contributed by atoms with Crippen LogP contribution in [-0.2, 0) is 6.54 Å². The molecule has 2 N–H and O–H groups in total. The Balaban J connectivity index is 1.67. The van der Waals surface area contributed by atoms with E-state index in [0.29, 0.717) is 5.25 Å². The molecule has 0 spiro atoms. The lowest BCUT2D eigenvalue weighted by molar-refractivity contribution is 0.661. The molecule has 1 unspecified atom stereocenters. The van der Waals surface area contributed by atoms with Gasteiger partial charge in [-0.2, -0.15) is 0 Å². The normalized spacial score (nSPS) is 12.9. The molecule has 2 rings (SSSR count). The average molecular weight is 317 g/mol. The first kappa shape index (κ1) is 16.4. The molecule has 0 bridgehead atoms. The Bertz CT molecular complexity index is 553. The van der Waals surface area contributed by atoms with E-state index in [1.54, 1.807) is 13.2 Å². The highest BCUT2D eigenvalue weighted by molar-refractivity contribution is 8.00. The summed E-state index contributed by atoms with van der Waals surface area (Å²) in [5.41, 5.74) is 0. The Morgan fingerprint density at radius 1 is 1.32 bits per heavy atom. The van der Waals surface area contributed by atoms with Gasteiger partial charge in [-0.25, -0.2) is 4.98 Å². The number of rotatable bonds is 7. The fourth-order valence-electron chi connectivity index (χ4n) is 1.96. The van der Waals surface area contributed by atoms with Gasteiger partial charge in [-0.1, -0.05) is 25.1 Å². The first-order valence-corrected chi connectivity index (χ1v) is 8.28. The summed E-state index contributed by atoms with van der Waals surface area (Å²) in [4.78, 5) is 9.56. The molecule has 6 heteroatoms. The molecule has 0 aliphatic heterocycles. The van der Waals surface area contributed by atoms with Gasteiger partial charge in [0.1, 0.15) is 0 Å². The van der Waals surface area contributed by atoms with Gasteiger partial charge in [0.2, 0.25) is 0 Å². The molecule has 2 aromatic rings. The summed E-state index contributed by atoms with van der Waals surface area (Å²) in [6.45, 7) is 4.76. The number of nitrogens with zero attached hydrogens (tertiary/aromatic N) is 3.